The van der Waals surface area contributed by atoms with Crippen LogP contribution in [-0.2, 0) is 13.0 Å². The Labute approximate surface area is 230 Å². The lowest BCUT2D eigenvalue weighted by atomic mass is 9.88. The summed E-state index contributed by atoms with van der Waals surface area (Å²) in [5.74, 6) is 2.13. The van der Waals surface area contributed by atoms with Crippen molar-refractivity contribution in [1.82, 2.24) is 25.2 Å². The van der Waals surface area contributed by atoms with Gasteiger partial charge in [-0.3, -0.25) is 4.98 Å². The highest BCUT2D eigenvalue weighted by atomic mass is 15.3. The molecule has 2 unspecified atom stereocenters. The van der Waals surface area contributed by atoms with Gasteiger partial charge >= 0.3 is 0 Å². The predicted octanol–water partition coefficient (Wildman–Crippen LogP) is 3.15. The van der Waals surface area contributed by atoms with E-state index in [1.807, 2.05) is 6.07 Å². The van der Waals surface area contributed by atoms with Gasteiger partial charge in [0.1, 0.15) is 11.6 Å². The number of fused-ring (bicyclic) bond motifs is 1. The van der Waals surface area contributed by atoms with E-state index in [1.165, 1.54) is 22.3 Å². The molecule has 39 heavy (non-hydrogen) atoms. The van der Waals surface area contributed by atoms with Crippen molar-refractivity contribution in [2.75, 3.05) is 55.3 Å². The first-order chi connectivity index (χ1) is 19.0. The lowest BCUT2D eigenvalue weighted by Crippen LogP contribution is -2.45. The van der Waals surface area contributed by atoms with Crippen LogP contribution in [0, 0.1) is 11.3 Å². The van der Waals surface area contributed by atoms with Gasteiger partial charge in [-0.2, -0.15) is 15.2 Å². The van der Waals surface area contributed by atoms with E-state index in [9.17, 15) is 5.26 Å². The SMILES string of the molecule is CC1Cc2ccc(C3=CCNC(c4cc(C#N)ccn4)C3)cc2CN1c1cc(N2CCN(C)CC2)nc(N)n1. The van der Waals surface area contributed by atoms with Gasteiger partial charge in [-0.15, -0.1) is 0 Å². The maximum Gasteiger partial charge on any atom is 0.223 e. The van der Waals surface area contributed by atoms with Crippen LogP contribution in [0.3, 0.4) is 0 Å². The number of benzene rings is 1. The van der Waals surface area contributed by atoms with Crippen LogP contribution < -0.4 is 20.9 Å². The van der Waals surface area contributed by atoms with Crippen molar-refractivity contribution >= 4 is 23.2 Å². The number of nitrogens with two attached hydrogens (primary N) is 1. The molecule has 9 nitrogen and oxygen atoms in total. The molecule has 2 aromatic heterocycles. The maximum atomic E-state index is 9.30. The number of nitriles is 1. The van der Waals surface area contributed by atoms with Crippen LogP contribution >= 0.6 is 0 Å². The Kier molecular flexibility index (Phi) is 6.90. The van der Waals surface area contributed by atoms with Crippen molar-refractivity contribution in [1.29, 1.82) is 5.26 Å². The molecule has 3 aliphatic rings. The highest BCUT2D eigenvalue weighted by molar-refractivity contribution is 5.69. The van der Waals surface area contributed by atoms with E-state index in [0.717, 1.165) is 69.4 Å². The quantitative estimate of drug-likeness (QED) is 0.535. The molecule has 3 aromatic rings. The van der Waals surface area contributed by atoms with Crippen LogP contribution in [0.4, 0.5) is 17.6 Å². The molecule has 0 radical (unpaired) electrons. The van der Waals surface area contributed by atoms with Crippen LogP contribution in [0.25, 0.3) is 5.57 Å². The Morgan fingerprint density at radius 3 is 2.64 bits per heavy atom. The number of likely N-dealkylation sites (N-methyl/N-ethyl adjacent to an activating group) is 1. The van der Waals surface area contributed by atoms with Crippen LogP contribution in [0.15, 0.2) is 48.7 Å². The van der Waals surface area contributed by atoms with Gasteiger partial charge < -0.3 is 25.8 Å². The predicted molar refractivity (Wildman–Crippen MR) is 154 cm³/mol. The Morgan fingerprint density at radius 1 is 1.00 bits per heavy atom. The van der Waals surface area contributed by atoms with Gasteiger partial charge in [0.2, 0.25) is 5.95 Å². The number of nitrogens with one attached hydrogen (secondary N) is 1. The fraction of sp³-hybridized carbons (Fsp3) is 0.400. The maximum absolute atomic E-state index is 9.30. The molecule has 1 fully saturated rings. The Balaban J connectivity index is 1.23. The number of hydrogen-bond acceptors (Lipinski definition) is 9. The third kappa shape index (κ3) is 5.31. The molecule has 6 rings (SSSR count). The molecule has 5 heterocycles. The van der Waals surface area contributed by atoms with Crippen molar-refractivity contribution in [3.63, 3.8) is 0 Å². The molecule has 3 aliphatic heterocycles. The molecule has 1 saturated heterocycles. The fourth-order valence-electron chi connectivity index (χ4n) is 5.88. The first-order valence-electron chi connectivity index (χ1n) is 13.7. The van der Waals surface area contributed by atoms with Gasteiger partial charge in [0.05, 0.1) is 23.4 Å². The van der Waals surface area contributed by atoms with Gasteiger partial charge in [0.25, 0.3) is 0 Å². The van der Waals surface area contributed by atoms with Crippen LogP contribution in [-0.4, -0.2) is 65.7 Å². The molecule has 0 bridgehead atoms. The number of pyridine rings is 1. The van der Waals surface area contributed by atoms with Crippen LogP contribution in [0.5, 0.6) is 0 Å². The zero-order chi connectivity index (χ0) is 26.9. The third-order valence-corrected chi connectivity index (χ3v) is 8.21. The topological polar surface area (TPSA) is 110 Å². The zero-order valence-electron chi connectivity index (χ0n) is 22.6. The minimum atomic E-state index is 0.0860. The summed E-state index contributed by atoms with van der Waals surface area (Å²) >= 11 is 0. The average molecular weight is 522 g/mol. The molecule has 200 valence electrons. The minimum Gasteiger partial charge on any atom is -0.368 e. The van der Waals surface area contributed by atoms with E-state index in [2.05, 4.69) is 85.4 Å². The Morgan fingerprint density at radius 2 is 1.82 bits per heavy atom. The molecular formula is C30H35N9. The van der Waals surface area contributed by atoms with Gasteiger partial charge in [0.15, 0.2) is 0 Å². The zero-order valence-corrected chi connectivity index (χ0v) is 22.6. The van der Waals surface area contributed by atoms with E-state index in [-0.39, 0.29) is 6.04 Å². The number of hydrogen-bond donors (Lipinski definition) is 2. The lowest BCUT2D eigenvalue weighted by molar-refractivity contribution is 0.312. The number of piperazine rings is 1. The third-order valence-electron chi connectivity index (χ3n) is 8.21. The summed E-state index contributed by atoms with van der Waals surface area (Å²) < 4.78 is 0. The second kappa shape index (κ2) is 10.6. The van der Waals surface area contributed by atoms with Gasteiger partial charge in [-0.05, 0) is 67.3 Å². The summed E-state index contributed by atoms with van der Waals surface area (Å²) in [5, 5.41) is 12.8. The first kappa shape index (κ1) is 25.3. The van der Waals surface area contributed by atoms with Crippen LogP contribution in [0.1, 0.15) is 47.3 Å². The highest BCUT2D eigenvalue weighted by Crippen LogP contribution is 2.34. The van der Waals surface area contributed by atoms with Crippen molar-refractivity contribution in [2.24, 2.45) is 0 Å². The van der Waals surface area contributed by atoms with Gasteiger partial charge in [-0.25, -0.2) is 0 Å². The highest BCUT2D eigenvalue weighted by Gasteiger charge is 2.27. The van der Waals surface area contributed by atoms with Crippen molar-refractivity contribution in [2.45, 2.75) is 38.4 Å². The molecule has 0 amide bonds. The molecule has 9 heteroatoms. The Bertz CT molecular complexity index is 1430. The molecule has 3 N–H and O–H groups in total. The monoisotopic (exact) mass is 521 g/mol. The second-order valence-corrected chi connectivity index (χ2v) is 10.9. The van der Waals surface area contributed by atoms with E-state index in [1.54, 1.807) is 12.3 Å². The van der Waals surface area contributed by atoms with E-state index >= 15 is 0 Å². The molecule has 1 aromatic carbocycles. The number of anilines is 3. The summed E-state index contributed by atoms with van der Waals surface area (Å²) in [6, 6.07) is 15.2. The van der Waals surface area contributed by atoms with E-state index in [0.29, 0.717) is 17.6 Å². The number of aromatic nitrogens is 3. The average Bonchev–Trinajstić information content (AvgIpc) is 2.96. The number of rotatable bonds is 4. The van der Waals surface area contributed by atoms with Crippen molar-refractivity contribution in [3.8, 4) is 6.07 Å². The smallest absolute Gasteiger partial charge is 0.223 e. The largest absolute Gasteiger partial charge is 0.368 e. The summed E-state index contributed by atoms with van der Waals surface area (Å²) in [6.45, 7) is 7.72. The molecule has 0 aliphatic carbocycles. The molecule has 0 saturated carbocycles. The number of nitrogen functional groups attached to an aromatic ring is 1. The fourth-order valence-corrected chi connectivity index (χ4v) is 5.88. The molecular weight excluding hydrogens is 486 g/mol. The summed E-state index contributed by atoms with van der Waals surface area (Å²) in [4.78, 5) is 20.8. The van der Waals surface area contributed by atoms with Crippen molar-refractivity contribution in [3.05, 3.63) is 76.6 Å². The van der Waals surface area contributed by atoms with Gasteiger partial charge in [-0.1, -0.05) is 18.2 Å². The van der Waals surface area contributed by atoms with Gasteiger partial charge in [0, 0.05) is 57.6 Å². The Hall–Kier alpha value is -4.00. The summed E-state index contributed by atoms with van der Waals surface area (Å²) in [5.41, 5.74) is 13.0. The normalized spacial score (nSPS) is 21.7. The van der Waals surface area contributed by atoms with Crippen LogP contribution in [0.2, 0.25) is 0 Å². The summed E-state index contributed by atoms with van der Waals surface area (Å²) in [7, 11) is 2.15. The van der Waals surface area contributed by atoms with E-state index < -0.39 is 0 Å². The lowest BCUT2D eigenvalue weighted by Gasteiger charge is -2.37. The number of nitrogens with zero attached hydrogens (tertiary/aromatic N) is 7. The second-order valence-electron chi connectivity index (χ2n) is 10.9. The molecule has 0 spiro atoms. The van der Waals surface area contributed by atoms with Crippen molar-refractivity contribution < 1.29 is 0 Å². The first-order valence-corrected chi connectivity index (χ1v) is 13.7. The molecule has 2 atom stereocenters. The summed E-state index contributed by atoms with van der Waals surface area (Å²) in [6.07, 6.45) is 5.77. The minimum absolute atomic E-state index is 0.0860. The van der Waals surface area contributed by atoms with E-state index in [4.69, 9.17) is 5.73 Å². The standard InChI is InChI=1S/C30H35N9/c1-20-13-22-3-4-23(24-6-8-34-27(16-24)26-14-21(18-31)5-7-33-26)15-25(22)19-39(20)29-17-28(35-30(32)36-29)38-11-9-37(2)10-12-38/h3-7,14-15,17,20,27,34H,8-13,16,19H2,1-2H3,(H2,32,35,36).